The number of hydrogen-bond acceptors (Lipinski definition) is 7. The summed E-state index contributed by atoms with van der Waals surface area (Å²) >= 11 is 0. The van der Waals surface area contributed by atoms with Crippen molar-refractivity contribution in [2.24, 2.45) is 0 Å². The molecule has 0 N–H and O–H groups in total. The summed E-state index contributed by atoms with van der Waals surface area (Å²) in [5.74, 6) is -6.12. The minimum atomic E-state index is -3.46. The van der Waals surface area contributed by atoms with Crippen molar-refractivity contribution in [2.45, 2.75) is 18.5 Å². The fraction of sp³-hybridized carbons (Fsp3) is 0.250. The van der Waals surface area contributed by atoms with Gasteiger partial charge in [-0.1, -0.05) is 0 Å². The van der Waals surface area contributed by atoms with Crippen LogP contribution in [0.4, 0.5) is 32.0 Å². The average molecular weight is 481 g/mol. The van der Waals surface area contributed by atoms with Gasteiger partial charge in [0.2, 0.25) is 11.8 Å². The first-order valence-electron chi connectivity index (χ1n) is 9.75. The van der Waals surface area contributed by atoms with Crippen molar-refractivity contribution in [3.8, 4) is 17.1 Å². The predicted octanol–water partition coefficient (Wildman–Crippen LogP) is 3.70. The molecule has 0 unspecified atom stereocenters. The van der Waals surface area contributed by atoms with E-state index in [-0.39, 0.29) is 17.0 Å². The van der Waals surface area contributed by atoms with Crippen LogP contribution in [0.3, 0.4) is 0 Å². The zero-order valence-electron chi connectivity index (χ0n) is 16.9. The Kier molecular flexibility index (Phi) is 5.21. The third kappa shape index (κ3) is 3.84. The molecule has 176 valence electrons. The summed E-state index contributed by atoms with van der Waals surface area (Å²) in [5, 5.41) is 4.13. The number of alkyl halides is 4. The second-order valence-corrected chi connectivity index (χ2v) is 7.45. The first-order valence-corrected chi connectivity index (χ1v) is 9.75. The standard InChI is InChI=1S/C20H13F6N7O/c21-12-5-29-17(1-11(12)18(23)24)34-15-7-32(8-20(15,25)26)14-2-13(10-3-27-9-28-4-10)31-33-16(22)6-30-19(14)33/h1-6,9,15,18H,7-8H2/t15-/m0/s1. The van der Waals surface area contributed by atoms with Crippen LogP contribution >= 0.6 is 0 Å². The number of rotatable bonds is 5. The minimum absolute atomic E-state index is 0.0190. The Hall–Kier alpha value is -3.97. The number of pyridine rings is 1. The van der Waals surface area contributed by atoms with E-state index >= 15 is 0 Å². The molecule has 0 spiro atoms. The summed E-state index contributed by atoms with van der Waals surface area (Å²) < 4.78 is 89.4. The predicted molar refractivity (Wildman–Crippen MR) is 105 cm³/mol. The zero-order valence-corrected chi connectivity index (χ0v) is 16.9. The summed E-state index contributed by atoms with van der Waals surface area (Å²) in [6.07, 6.45) is 0.519. The van der Waals surface area contributed by atoms with Crippen molar-refractivity contribution in [3.05, 3.63) is 60.6 Å². The second-order valence-electron chi connectivity index (χ2n) is 7.45. The highest BCUT2D eigenvalue weighted by molar-refractivity contribution is 5.74. The molecular weight excluding hydrogens is 468 g/mol. The number of aromatic nitrogens is 6. The molecule has 1 atom stereocenters. The van der Waals surface area contributed by atoms with Crippen LogP contribution in [0.2, 0.25) is 0 Å². The molecule has 4 aromatic rings. The van der Waals surface area contributed by atoms with Gasteiger partial charge in [0.25, 0.3) is 6.43 Å². The van der Waals surface area contributed by atoms with Gasteiger partial charge in [0.05, 0.1) is 42.4 Å². The molecule has 1 saturated heterocycles. The Bertz CT molecular complexity index is 1350. The summed E-state index contributed by atoms with van der Waals surface area (Å²) in [6, 6.07) is 2.02. The van der Waals surface area contributed by atoms with Gasteiger partial charge >= 0.3 is 5.92 Å². The monoisotopic (exact) mass is 481 g/mol. The molecule has 1 aliphatic heterocycles. The number of ether oxygens (including phenoxy) is 1. The van der Waals surface area contributed by atoms with E-state index in [2.05, 4.69) is 25.0 Å². The van der Waals surface area contributed by atoms with Crippen LogP contribution in [0.1, 0.15) is 12.0 Å². The lowest BCUT2D eigenvalue weighted by Gasteiger charge is -2.19. The lowest BCUT2D eigenvalue weighted by atomic mass is 10.2. The van der Waals surface area contributed by atoms with E-state index in [0.29, 0.717) is 17.8 Å². The van der Waals surface area contributed by atoms with E-state index in [1.165, 1.54) is 29.7 Å². The number of imidazole rings is 1. The van der Waals surface area contributed by atoms with Gasteiger partial charge in [-0.05, 0) is 6.07 Å². The lowest BCUT2D eigenvalue weighted by Crippen LogP contribution is -2.36. The van der Waals surface area contributed by atoms with Crippen LogP contribution in [-0.2, 0) is 0 Å². The van der Waals surface area contributed by atoms with Gasteiger partial charge in [-0.25, -0.2) is 41.9 Å². The molecule has 0 aromatic carbocycles. The van der Waals surface area contributed by atoms with Crippen LogP contribution in [0.15, 0.2) is 43.2 Å². The molecule has 0 amide bonds. The topological polar surface area (TPSA) is 81.3 Å². The first-order chi connectivity index (χ1) is 16.2. The molecule has 34 heavy (non-hydrogen) atoms. The third-order valence-electron chi connectivity index (χ3n) is 5.22. The van der Waals surface area contributed by atoms with Crippen LogP contribution < -0.4 is 9.64 Å². The SMILES string of the molecule is Fc1cnc(O[C@H]2CN(c3cc(-c4cncnc4)nn4c(F)cnc34)CC2(F)F)cc1C(F)F. The Morgan fingerprint density at radius 1 is 1.03 bits per heavy atom. The Labute approximate surface area is 186 Å². The van der Waals surface area contributed by atoms with Crippen molar-refractivity contribution in [3.63, 3.8) is 0 Å². The second kappa shape index (κ2) is 8.11. The molecular formula is C20H13F6N7O. The van der Waals surface area contributed by atoms with Gasteiger partial charge in [0.15, 0.2) is 17.6 Å². The minimum Gasteiger partial charge on any atom is -0.466 e. The van der Waals surface area contributed by atoms with E-state index in [1.54, 1.807) is 0 Å². The average Bonchev–Trinajstić information content (AvgIpc) is 3.33. The summed E-state index contributed by atoms with van der Waals surface area (Å²) in [4.78, 5) is 16.4. The molecule has 0 saturated carbocycles. The van der Waals surface area contributed by atoms with E-state index in [1.807, 2.05) is 0 Å². The molecule has 5 heterocycles. The zero-order chi connectivity index (χ0) is 24.0. The van der Waals surface area contributed by atoms with Crippen molar-refractivity contribution < 1.29 is 31.1 Å². The maximum Gasteiger partial charge on any atom is 0.302 e. The number of anilines is 1. The van der Waals surface area contributed by atoms with Crippen LogP contribution in [0.25, 0.3) is 16.9 Å². The van der Waals surface area contributed by atoms with Gasteiger partial charge in [-0.2, -0.15) is 14.0 Å². The summed E-state index contributed by atoms with van der Waals surface area (Å²) in [5.41, 5.74) is -0.290. The van der Waals surface area contributed by atoms with Gasteiger partial charge < -0.3 is 9.64 Å². The van der Waals surface area contributed by atoms with E-state index in [0.717, 1.165) is 10.7 Å². The first kappa shape index (κ1) is 21.9. The maximum atomic E-state index is 14.8. The molecule has 1 fully saturated rings. The third-order valence-corrected chi connectivity index (χ3v) is 5.22. The molecule has 8 nitrogen and oxygen atoms in total. The van der Waals surface area contributed by atoms with E-state index in [4.69, 9.17) is 4.74 Å². The van der Waals surface area contributed by atoms with Crippen molar-refractivity contribution in [1.82, 2.24) is 29.5 Å². The molecule has 1 aliphatic rings. The van der Waals surface area contributed by atoms with Crippen LogP contribution in [0.5, 0.6) is 5.88 Å². The quantitative estimate of drug-likeness (QED) is 0.402. The molecule has 5 rings (SSSR count). The van der Waals surface area contributed by atoms with Gasteiger partial charge in [-0.3, -0.25) is 0 Å². The highest BCUT2D eigenvalue weighted by Gasteiger charge is 2.51. The number of halogens is 6. The van der Waals surface area contributed by atoms with Crippen molar-refractivity contribution in [2.75, 3.05) is 18.0 Å². The fourth-order valence-electron chi connectivity index (χ4n) is 3.60. The summed E-state index contributed by atoms with van der Waals surface area (Å²) in [6.45, 7) is -1.27. The smallest absolute Gasteiger partial charge is 0.302 e. The van der Waals surface area contributed by atoms with E-state index < -0.39 is 54.7 Å². The highest BCUT2D eigenvalue weighted by Crippen LogP contribution is 2.37. The summed E-state index contributed by atoms with van der Waals surface area (Å²) in [7, 11) is 0. The van der Waals surface area contributed by atoms with Gasteiger partial charge in [-0.15, -0.1) is 0 Å². The highest BCUT2D eigenvalue weighted by atomic mass is 19.3. The van der Waals surface area contributed by atoms with Crippen LogP contribution in [-0.4, -0.2) is 54.7 Å². The fourth-order valence-corrected chi connectivity index (χ4v) is 3.60. The normalized spacial score (nSPS) is 17.6. The Morgan fingerprint density at radius 3 is 2.53 bits per heavy atom. The molecule has 0 bridgehead atoms. The van der Waals surface area contributed by atoms with Crippen LogP contribution in [0, 0.1) is 11.8 Å². The Morgan fingerprint density at radius 2 is 1.79 bits per heavy atom. The van der Waals surface area contributed by atoms with Crippen molar-refractivity contribution in [1.29, 1.82) is 0 Å². The number of fused-ring (bicyclic) bond motifs is 1. The van der Waals surface area contributed by atoms with Gasteiger partial charge in [0, 0.05) is 24.0 Å². The number of hydrogen-bond donors (Lipinski definition) is 0. The Balaban J connectivity index is 1.50. The largest absolute Gasteiger partial charge is 0.466 e. The van der Waals surface area contributed by atoms with Crippen molar-refractivity contribution >= 4 is 11.3 Å². The van der Waals surface area contributed by atoms with Gasteiger partial charge in [0.1, 0.15) is 6.33 Å². The number of nitrogens with zero attached hydrogens (tertiary/aromatic N) is 7. The lowest BCUT2D eigenvalue weighted by molar-refractivity contribution is -0.0610. The molecule has 0 aliphatic carbocycles. The molecule has 0 radical (unpaired) electrons. The molecule has 4 aromatic heterocycles. The van der Waals surface area contributed by atoms with E-state index in [9.17, 15) is 26.3 Å². The maximum absolute atomic E-state index is 14.8. The molecule has 14 heteroatoms.